The molecule has 166 valence electrons. The van der Waals surface area contributed by atoms with Crippen LogP contribution in [-0.2, 0) is 5.41 Å². The monoisotopic (exact) mass is 443 g/mol. The minimum atomic E-state index is -0.310. The molecule has 0 bridgehead atoms. The third-order valence-corrected chi connectivity index (χ3v) is 6.76. The smallest absolute Gasteiger partial charge is 0.255 e. The number of rotatable bonds is 4. The highest BCUT2D eigenvalue weighted by atomic mass is 19.1. The van der Waals surface area contributed by atoms with Gasteiger partial charge in [-0.3, -0.25) is 9.78 Å². The molecule has 8 heteroatoms. The van der Waals surface area contributed by atoms with Crippen LogP contribution in [-0.4, -0.2) is 34.5 Å². The minimum absolute atomic E-state index is 0.0805. The highest BCUT2D eigenvalue weighted by Crippen LogP contribution is 2.53. The summed E-state index contributed by atoms with van der Waals surface area (Å²) in [5, 5.41) is 6.41. The Morgan fingerprint density at radius 3 is 2.82 bits per heavy atom. The normalized spacial score (nSPS) is 15.9. The van der Waals surface area contributed by atoms with E-state index < -0.39 is 0 Å². The molecule has 7 nitrogen and oxygen atoms in total. The molecule has 0 unspecified atom stereocenters. The van der Waals surface area contributed by atoms with Crippen molar-refractivity contribution in [2.45, 2.75) is 25.2 Å². The van der Waals surface area contributed by atoms with Gasteiger partial charge in [-0.25, -0.2) is 9.37 Å². The number of anilines is 2. The number of halogens is 1. The molecule has 33 heavy (non-hydrogen) atoms. The first-order valence-electron chi connectivity index (χ1n) is 10.9. The molecule has 1 fully saturated rings. The van der Waals surface area contributed by atoms with E-state index in [1.807, 2.05) is 12.1 Å². The van der Waals surface area contributed by atoms with Gasteiger partial charge in [0.2, 0.25) is 5.88 Å². The van der Waals surface area contributed by atoms with Crippen LogP contribution in [0.25, 0.3) is 22.3 Å². The lowest BCUT2D eigenvalue weighted by Crippen LogP contribution is -2.39. The van der Waals surface area contributed by atoms with Crippen LogP contribution in [0.2, 0.25) is 0 Å². The highest BCUT2D eigenvalue weighted by Gasteiger charge is 2.51. The van der Waals surface area contributed by atoms with Gasteiger partial charge in [0, 0.05) is 46.7 Å². The Morgan fingerprint density at radius 2 is 2.03 bits per heavy atom. The van der Waals surface area contributed by atoms with Gasteiger partial charge in [0.15, 0.2) is 0 Å². The van der Waals surface area contributed by atoms with E-state index in [9.17, 15) is 9.18 Å². The molecule has 1 aliphatic heterocycles. The first-order chi connectivity index (χ1) is 16.0. The molecule has 0 saturated heterocycles. The number of H-pyrrole nitrogens is 1. The van der Waals surface area contributed by atoms with E-state index in [0.29, 0.717) is 46.0 Å². The van der Waals surface area contributed by atoms with Crippen molar-refractivity contribution in [2.75, 3.05) is 19.0 Å². The van der Waals surface area contributed by atoms with E-state index in [4.69, 9.17) is 4.74 Å². The zero-order valence-corrected chi connectivity index (χ0v) is 18.3. The number of hydrogen-bond acceptors (Lipinski definition) is 5. The number of nitrogens with zero attached hydrogens (tertiary/aromatic N) is 2. The van der Waals surface area contributed by atoms with Crippen molar-refractivity contribution in [2.24, 2.45) is 0 Å². The number of hydrogen-bond donors (Lipinski definition) is 3. The molecule has 1 spiro atoms. The number of carbonyl (C=O) groups is 1. The lowest BCUT2D eigenvalue weighted by molar-refractivity contribution is 0.0938. The Bertz CT molecular complexity index is 1440. The van der Waals surface area contributed by atoms with Crippen molar-refractivity contribution in [3.05, 3.63) is 65.2 Å². The molecule has 2 aliphatic rings. The van der Waals surface area contributed by atoms with Crippen LogP contribution >= 0.6 is 0 Å². The maximum atomic E-state index is 14.3. The van der Waals surface area contributed by atoms with E-state index in [1.165, 1.54) is 6.07 Å². The summed E-state index contributed by atoms with van der Waals surface area (Å²) in [6, 6.07) is 10.4. The number of nitrogens with one attached hydrogen (secondary N) is 3. The summed E-state index contributed by atoms with van der Waals surface area (Å²) in [5.41, 5.74) is 5.98. The predicted molar refractivity (Wildman–Crippen MR) is 124 cm³/mol. The van der Waals surface area contributed by atoms with Gasteiger partial charge in [0.25, 0.3) is 5.91 Å². The molecular weight excluding hydrogens is 421 g/mol. The number of fused-ring (bicyclic) bond motifs is 3. The van der Waals surface area contributed by atoms with Gasteiger partial charge in [-0.1, -0.05) is 6.07 Å². The lowest BCUT2D eigenvalue weighted by atomic mass is 9.93. The molecule has 6 rings (SSSR count). The van der Waals surface area contributed by atoms with Crippen molar-refractivity contribution in [3.63, 3.8) is 0 Å². The van der Waals surface area contributed by atoms with Crippen molar-refractivity contribution in [1.29, 1.82) is 0 Å². The second-order valence-electron chi connectivity index (χ2n) is 8.71. The first-order valence-corrected chi connectivity index (χ1v) is 10.9. The largest absolute Gasteiger partial charge is 0.481 e. The van der Waals surface area contributed by atoms with Gasteiger partial charge in [-0.05, 0) is 44.0 Å². The molecule has 3 aromatic heterocycles. The Morgan fingerprint density at radius 1 is 1.18 bits per heavy atom. The highest BCUT2D eigenvalue weighted by molar-refractivity contribution is 6.08. The third kappa shape index (κ3) is 2.97. The van der Waals surface area contributed by atoms with E-state index in [-0.39, 0.29) is 17.1 Å². The van der Waals surface area contributed by atoms with Crippen molar-refractivity contribution in [3.8, 4) is 17.1 Å². The molecule has 3 N–H and O–H groups in total. The molecular formula is C25H22FN5O2. The van der Waals surface area contributed by atoms with Crippen LogP contribution in [0.5, 0.6) is 5.88 Å². The molecule has 1 aromatic carbocycles. The van der Waals surface area contributed by atoms with Crippen LogP contribution in [0.1, 0.15) is 34.5 Å². The van der Waals surface area contributed by atoms with E-state index in [2.05, 4.69) is 25.6 Å². The number of methoxy groups -OCH3 is 1. The average molecular weight is 443 g/mol. The Labute approximate surface area is 189 Å². The fourth-order valence-electron chi connectivity index (χ4n) is 4.66. The fourth-order valence-corrected chi connectivity index (χ4v) is 4.66. The number of benzene rings is 1. The van der Waals surface area contributed by atoms with Gasteiger partial charge in [0.05, 0.1) is 29.6 Å². The second kappa shape index (κ2) is 7.03. The standard InChI is InChI=1S/C25H22FN5O2/c1-13-15(26)4-3-5-16(13)29-22-19-23(25(9-10-25)12-28-24(19)32)31-21(22)14-8-11-27-17-6-7-18(33-2)30-20(14)17/h3-8,11,29,31H,9-10,12H2,1-2H3,(H,28,32). The summed E-state index contributed by atoms with van der Waals surface area (Å²) < 4.78 is 19.7. The van der Waals surface area contributed by atoms with Crippen molar-refractivity contribution in [1.82, 2.24) is 20.3 Å². The molecule has 1 amide bonds. The average Bonchev–Trinajstić information content (AvgIpc) is 3.51. The topological polar surface area (TPSA) is 91.9 Å². The molecule has 4 heterocycles. The Hall–Kier alpha value is -3.94. The van der Waals surface area contributed by atoms with Crippen LogP contribution in [0.15, 0.2) is 42.6 Å². The molecule has 4 aromatic rings. The Kier molecular flexibility index (Phi) is 4.20. The van der Waals surface area contributed by atoms with Crippen LogP contribution in [0, 0.1) is 12.7 Å². The summed E-state index contributed by atoms with van der Waals surface area (Å²) >= 11 is 0. The maximum Gasteiger partial charge on any atom is 0.255 e. The van der Waals surface area contributed by atoms with Gasteiger partial charge in [-0.15, -0.1) is 0 Å². The first kappa shape index (κ1) is 19.7. The summed E-state index contributed by atoms with van der Waals surface area (Å²) in [6.07, 6.45) is 3.72. The maximum absolute atomic E-state index is 14.3. The fraction of sp³-hybridized carbons (Fsp3) is 0.240. The SMILES string of the molecule is COc1ccc2nccc(-c3[nH]c4c(c3Nc3cccc(F)c3C)C(=O)NCC43CC3)c2n1. The lowest BCUT2D eigenvalue weighted by Gasteiger charge is -2.23. The van der Waals surface area contributed by atoms with Crippen LogP contribution < -0.4 is 15.4 Å². The summed E-state index contributed by atoms with van der Waals surface area (Å²) in [7, 11) is 1.57. The second-order valence-corrected chi connectivity index (χ2v) is 8.71. The van der Waals surface area contributed by atoms with Gasteiger partial charge in [0.1, 0.15) is 11.3 Å². The zero-order chi connectivity index (χ0) is 22.7. The van der Waals surface area contributed by atoms with Crippen LogP contribution in [0.4, 0.5) is 15.8 Å². The molecule has 1 saturated carbocycles. The number of pyridine rings is 2. The van der Waals surface area contributed by atoms with Crippen LogP contribution in [0.3, 0.4) is 0 Å². The number of amides is 1. The summed E-state index contributed by atoms with van der Waals surface area (Å²) in [6.45, 7) is 2.33. The van der Waals surface area contributed by atoms with E-state index >= 15 is 0 Å². The number of aromatic amines is 1. The van der Waals surface area contributed by atoms with Crippen molar-refractivity contribution >= 4 is 28.3 Å². The quantitative estimate of drug-likeness (QED) is 0.429. The number of ether oxygens (including phenoxy) is 1. The molecule has 1 aliphatic carbocycles. The van der Waals surface area contributed by atoms with E-state index in [1.54, 1.807) is 38.4 Å². The van der Waals surface area contributed by atoms with E-state index in [0.717, 1.165) is 29.8 Å². The summed E-state index contributed by atoms with van der Waals surface area (Å²) in [4.78, 5) is 25.7. The zero-order valence-electron chi connectivity index (χ0n) is 18.3. The van der Waals surface area contributed by atoms with Crippen molar-refractivity contribution < 1.29 is 13.9 Å². The molecule has 0 atom stereocenters. The van der Waals surface area contributed by atoms with Gasteiger partial charge >= 0.3 is 0 Å². The number of carbonyl (C=O) groups excluding carboxylic acids is 1. The van der Waals surface area contributed by atoms with Gasteiger partial charge in [-0.2, -0.15) is 0 Å². The van der Waals surface area contributed by atoms with Gasteiger partial charge < -0.3 is 20.4 Å². The third-order valence-electron chi connectivity index (χ3n) is 6.76. The summed E-state index contributed by atoms with van der Waals surface area (Å²) in [5.74, 6) is 0.0141. The Balaban J connectivity index is 1.63. The minimum Gasteiger partial charge on any atom is -0.481 e. The number of aromatic nitrogens is 3. The molecule has 0 radical (unpaired) electrons. The predicted octanol–water partition coefficient (Wildman–Crippen LogP) is 4.60.